The van der Waals surface area contributed by atoms with Crippen molar-refractivity contribution in [2.45, 2.75) is 51.0 Å². The van der Waals surface area contributed by atoms with Crippen molar-refractivity contribution < 1.29 is 9.21 Å². The minimum atomic E-state index is -0.0718. The van der Waals surface area contributed by atoms with E-state index in [2.05, 4.69) is 21.2 Å². The van der Waals surface area contributed by atoms with Gasteiger partial charge in [0.15, 0.2) is 0 Å². The Kier molecular flexibility index (Phi) is 4.49. The van der Waals surface area contributed by atoms with Gasteiger partial charge in [0.2, 0.25) is 0 Å². The van der Waals surface area contributed by atoms with Crippen molar-refractivity contribution in [2.24, 2.45) is 0 Å². The third-order valence-electron chi connectivity index (χ3n) is 3.76. The molecule has 1 heterocycles. The number of hydrogen-bond donors (Lipinski definition) is 1. The van der Waals surface area contributed by atoms with Crippen molar-refractivity contribution in [3.8, 4) is 0 Å². The normalized spacial score (nSPS) is 18.6. The molecule has 100 valence electrons. The highest BCUT2D eigenvalue weighted by atomic mass is 79.9. The van der Waals surface area contributed by atoms with Crippen LogP contribution in [0.4, 0.5) is 0 Å². The average molecular weight is 314 g/mol. The summed E-state index contributed by atoms with van der Waals surface area (Å²) >= 11 is 3.56. The van der Waals surface area contributed by atoms with Gasteiger partial charge in [-0.25, -0.2) is 0 Å². The summed E-state index contributed by atoms with van der Waals surface area (Å²) in [5.74, 6) is 0.773. The molecule has 0 aromatic carbocycles. The second-order valence-electron chi connectivity index (χ2n) is 5.04. The predicted molar refractivity (Wildman–Crippen MR) is 75.2 cm³/mol. The lowest BCUT2D eigenvalue weighted by atomic mass is 9.83. The number of nitrogens with one attached hydrogen (secondary N) is 1. The fourth-order valence-electron chi connectivity index (χ4n) is 2.65. The topological polar surface area (TPSA) is 42.2 Å². The summed E-state index contributed by atoms with van der Waals surface area (Å²) < 4.78 is 5.32. The first-order chi connectivity index (χ1) is 8.71. The maximum Gasteiger partial charge on any atom is 0.255 e. The molecule has 1 aliphatic carbocycles. The van der Waals surface area contributed by atoms with E-state index in [-0.39, 0.29) is 11.4 Å². The molecular weight excluding hydrogens is 294 g/mol. The van der Waals surface area contributed by atoms with Crippen LogP contribution in [0, 0.1) is 0 Å². The molecule has 0 unspecified atom stereocenters. The maximum absolute atomic E-state index is 12.3. The molecule has 0 aliphatic heterocycles. The van der Waals surface area contributed by atoms with Crippen LogP contribution in [0.2, 0.25) is 0 Å². The Hall–Kier alpha value is -0.770. The van der Waals surface area contributed by atoms with Crippen LogP contribution in [-0.4, -0.2) is 16.8 Å². The smallest absolute Gasteiger partial charge is 0.255 e. The first-order valence-corrected chi connectivity index (χ1v) is 7.78. The van der Waals surface area contributed by atoms with Gasteiger partial charge in [-0.3, -0.25) is 4.79 Å². The molecule has 18 heavy (non-hydrogen) atoms. The summed E-state index contributed by atoms with van der Waals surface area (Å²) in [5.41, 5.74) is 0.612. The lowest BCUT2D eigenvalue weighted by molar-refractivity contribution is 0.0884. The van der Waals surface area contributed by atoms with E-state index >= 15 is 0 Å². The highest BCUT2D eigenvalue weighted by Crippen LogP contribution is 2.30. The molecule has 1 aliphatic rings. The van der Waals surface area contributed by atoms with Gasteiger partial charge in [0.05, 0.1) is 17.4 Å². The molecule has 0 saturated heterocycles. The van der Waals surface area contributed by atoms with Crippen LogP contribution in [0.1, 0.15) is 55.1 Å². The summed E-state index contributed by atoms with van der Waals surface area (Å²) in [6.07, 6.45) is 8.12. The van der Waals surface area contributed by atoms with Crippen molar-refractivity contribution in [3.05, 3.63) is 23.7 Å². The summed E-state index contributed by atoms with van der Waals surface area (Å²) in [4.78, 5) is 12.3. The number of amides is 1. The van der Waals surface area contributed by atoms with Crippen molar-refractivity contribution in [3.63, 3.8) is 0 Å². The molecular formula is C14H20BrNO2. The zero-order chi connectivity index (χ0) is 13.0. The molecule has 1 amide bonds. The largest absolute Gasteiger partial charge is 0.469 e. The Morgan fingerprint density at radius 2 is 2.17 bits per heavy atom. The molecule has 3 nitrogen and oxygen atoms in total. The fraction of sp³-hybridized carbons (Fsp3) is 0.643. The molecule has 0 bridgehead atoms. The Balaban J connectivity index is 2.10. The third-order valence-corrected chi connectivity index (χ3v) is 4.83. The van der Waals surface area contributed by atoms with E-state index in [1.165, 1.54) is 19.3 Å². The molecule has 1 aromatic rings. The zero-order valence-electron chi connectivity index (χ0n) is 10.8. The monoisotopic (exact) mass is 313 g/mol. The van der Waals surface area contributed by atoms with E-state index in [4.69, 9.17) is 4.42 Å². The number of halogens is 1. The molecule has 1 fully saturated rings. The Labute approximate surface area is 116 Å². The van der Waals surface area contributed by atoms with Gasteiger partial charge in [0.25, 0.3) is 5.91 Å². The van der Waals surface area contributed by atoms with Crippen molar-refractivity contribution >= 4 is 21.8 Å². The summed E-state index contributed by atoms with van der Waals surface area (Å²) in [6, 6.07) is 1.76. The van der Waals surface area contributed by atoms with Gasteiger partial charge in [-0.05, 0) is 18.9 Å². The number of alkyl halides is 1. The summed E-state index contributed by atoms with van der Waals surface area (Å²) in [5, 5.41) is 4.04. The Morgan fingerprint density at radius 1 is 1.44 bits per heavy atom. The van der Waals surface area contributed by atoms with Gasteiger partial charge in [-0.1, -0.05) is 42.1 Å². The number of furan rings is 1. The lowest BCUT2D eigenvalue weighted by Crippen LogP contribution is -2.51. The quantitative estimate of drug-likeness (QED) is 0.862. The number of carbonyl (C=O) groups excluding carboxylic acids is 1. The fourth-order valence-corrected chi connectivity index (χ4v) is 3.35. The van der Waals surface area contributed by atoms with Gasteiger partial charge in [0, 0.05) is 11.8 Å². The highest BCUT2D eigenvalue weighted by Gasteiger charge is 2.33. The molecule has 0 radical (unpaired) electrons. The first kappa shape index (κ1) is 13.7. The van der Waals surface area contributed by atoms with E-state index in [1.54, 1.807) is 12.3 Å². The number of aryl methyl sites for hydroxylation is 1. The van der Waals surface area contributed by atoms with Crippen molar-refractivity contribution in [1.29, 1.82) is 0 Å². The molecule has 1 N–H and O–H groups in total. The van der Waals surface area contributed by atoms with Crippen LogP contribution in [0.15, 0.2) is 16.7 Å². The third kappa shape index (κ3) is 2.79. The maximum atomic E-state index is 12.3. The highest BCUT2D eigenvalue weighted by molar-refractivity contribution is 9.09. The van der Waals surface area contributed by atoms with Crippen LogP contribution in [0.5, 0.6) is 0 Å². The Bertz CT molecular complexity index is 408. The number of hydrogen-bond acceptors (Lipinski definition) is 2. The lowest BCUT2D eigenvalue weighted by Gasteiger charge is -2.36. The van der Waals surface area contributed by atoms with Gasteiger partial charge in [-0.2, -0.15) is 0 Å². The molecule has 0 atom stereocenters. The van der Waals surface area contributed by atoms with Crippen LogP contribution in [0.25, 0.3) is 0 Å². The van der Waals surface area contributed by atoms with E-state index in [9.17, 15) is 4.79 Å². The van der Waals surface area contributed by atoms with Crippen molar-refractivity contribution in [1.82, 2.24) is 5.32 Å². The minimum absolute atomic E-state index is 0.00181. The van der Waals surface area contributed by atoms with Crippen LogP contribution >= 0.6 is 15.9 Å². The minimum Gasteiger partial charge on any atom is -0.469 e. The SMILES string of the molecule is CCc1occc1C(=O)NC1(CBr)CCCCC1. The predicted octanol–water partition coefficient (Wildman–Crippen LogP) is 3.67. The molecule has 0 spiro atoms. The Morgan fingerprint density at radius 3 is 2.78 bits per heavy atom. The number of rotatable bonds is 4. The standard InChI is InChI=1S/C14H20BrNO2/c1-2-12-11(6-9-18-12)13(17)16-14(10-15)7-4-3-5-8-14/h6,9H,2-5,7-8,10H2,1H3,(H,16,17). The molecule has 2 rings (SSSR count). The van der Waals surface area contributed by atoms with Crippen LogP contribution in [-0.2, 0) is 6.42 Å². The summed E-state index contributed by atoms with van der Waals surface area (Å²) in [7, 11) is 0. The second-order valence-corrected chi connectivity index (χ2v) is 5.60. The molecule has 1 saturated carbocycles. The average Bonchev–Trinajstić information content (AvgIpc) is 2.88. The van der Waals surface area contributed by atoms with Gasteiger partial charge < -0.3 is 9.73 Å². The second kappa shape index (κ2) is 5.91. The van der Waals surface area contributed by atoms with Crippen molar-refractivity contribution in [2.75, 3.05) is 5.33 Å². The van der Waals surface area contributed by atoms with E-state index in [0.29, 0.717) is 5.56 Å². The molecule has 4 heteroatoms. The van der Waals surface area contributed by atoms with Gasteiger partial charge >= 0.3 is 0 Å². The summed E-state index contributed by atoms with van der Waals surface area (Å²) in [6.45, 7) is 2.00. The van der Waals surface area contributed by atoms with Gasteiger partial charge in [-0.15, -0.1) is 0 Å². The first-order valence-electron chi connectivity index (χ1n) is 6.65. The van der Waals surface area contributed by atoms with Crippen LogP contribution in [0.3, 0.4) is 0 Å². The zero-order valence-corrected chi connectivity index (χ0v) is 12.4. The van der Waals surface area contributed by atoms with Gasteiger partial charge in [0.1, 0.15) is 5.76 Å². The number of carbonyl (C=O) groups is 1. The van der Waals surface area contributed by atoms with Crippen LogP contribution < -0.4 is 5.32 Å². The van der Waals surface area contributed by atoms with E-state index in [0.717, 1.165) is 30.4 Å². The molecule has 1 aromatic heterocycles. The van der Waals surface area contributed by atoms with E-state index < -0.39 is 0 Å². The van der Waals surface area contributed by atoms with E-state index in [1.807, 2.05) is 6.92 Å².